The molecule has 2 unspecified atom stereocenters. The lowest BCUT2D eigenvalue weighted by atomic mass is 9.78. The van der Waals surface area contributed by atoms with Crippen molar-refractivity contribution in [1.82, 2.24) is 5.06 Å². The maximum Gasteiger partial charge on any atom is 0.257 e. The van der Waals surface area contributed by atoms with E-state index in [9.17, 15) is 9.59 Å². The second kappa shape index (κ2) is 3.53. The van der Waals surface area contributed by atoms with Crippen LogP contribution >= 0.6 is 0 Å². The van der Waals surface area contributed by atoms with Gasteiger partial charge in [-0.25, -0.2) is 0 Å². The molecule has 0 N–H and O–H groups in total. The minimum atomic E-state index is -0.214. The van der Waals surface area contributed by atoms with Crippen LogP contribution in [-0.2, 0) is 14.4 Å². The lowest BCUT2D eigenvalue weighted by Crippen LogP contribution is -2.48. The predicted octanol–water partition coefficient (Wildman–Crippen LogP) is 0.889. The smallest absolute Gasteiger partial charge is 0.257 e. The summed E-state index contributed by atoms with van der Waals surface area (Å²) in [5.74, 6) is -0.267. The molecule has 0 aromatic carbocycles. The van der Waals surface area contributed by atoms with Crippen LogP contribution in [0.1, 0.15) is 19.3 Å². The molecule has 2 rings (SSSR count). The standard InChI is InChI=1S/C10H13NO3/c1-14-11-9(12)6-7-4-2-3-5-8(7)10(11)13/h2-3,7-8H,4-6H2,1H3. The Labute approximate surface area is 82.5 Å². The number of hydrogen-bond acceptors (Lipinski definition) is 3. The fourth-order valence-corrected chi connectivity index (χ4v) is 2.17. The SMILES string of the molecule is CON1C(=O)CC2CC=CCC2C1=O. The molecular weight excluding hydrogens is 182 g/mol. The van der Waals surface area contributed by atoms with Crippen LogP contribution in [0.4, 0.5) is 0 Å². The number of carbonyl (C=O) groups excluding carboxylic acids is 2. The molecule has 1 saturated heterocycles. The van der Waals surface area contributed by atoms with Crippen LogP contribution < -0.4 is 0 Å². The van der Waals surface area contributed by atoms with Crippen molar-refractivity contribution in [3.63, 3.8) is 0 Å². The molecule has 0 bridgehead atoms. The van der Waals surface area contributed by atoms with Gasteiger partial charge in [-0.15, -0.1) is 0 Å². The van der Waals surface area contributed by atoms with Crippen molar-refractivity contribution in [3.8, 4) is 0 Å². The highest BCUT2D eigenvalue weighted by Gasteiger charge is 2.41. The van der Waals surface area contributed by atoms with E-state index in [1.807, 2.05) is 12.2 Å². The molecule has 1 fully saturated rings. The highest BCUT2D eigenvalue weighted by molar-refractivity contribution is 5.98. The van der Waals surface area contributed by atoms with Gasteiger partial charge in [0.1, 0.15) is 0 Å². The fourth-order valence-electron chi connectivity index (χ4n) is 2.17. The molecule has 1 heterocycles. The molecule has 2 atom stereocenters. The number of imide groups is 1. The molecule has 1 aliphatic carbocycles. The highest BCUT2D eigenvalue weighted by Crippen LogP contribution is 2.34. The van der Waals surface area contributed by atoms with Gasteiger partial charge in [-0.2, -0.15) is 5.06 Å². The van der Waals surface area contributed by atoms with Gasteiger partial charge in [-0.3, -0.25) is 14.4 Å². The van der Waals surface area contributed by atoms with E-state index in [0.717, 1.165) is 17.9 Å². The largest absolute Gasteiger partial charge is 0.272 e. The fraction of sp³-hybridized carbons (Fsp3) is 0.600. The topological polar surface area (TPSA) is 46.6 Å². The average molecular weight is 195 g/mol. The molecule has 4 nitrogen and oxygen atoms in total. The lowest BCUT2D eigenvalue weighted by Gasteiger charge is -2.35. The van der Waals surface area contributed by atoms with E-state index in [2.05, 4.69) is 0 Å². The summed E-state index contributed by atoms with van der Waals surface area (Å²) in [6.45, 7) is 0. The van der Waals surface area contributed by atoms with Crippen molar-refractivity contribution in [2.45, 2.75) is 19.3 Å². The summed E-state index contributed by atoms with van der Waals surface area (Å²) in [7, 11) is 1.36. The molecule has 0 radical (unpaired) electrons. The van der Waals surface area contributed by atoms with Crippen molar-refractivity contribution in [1.29, 1.82) is 0 Å². The van der Waals surface area contributed by atoms with Crippen LogP contribution in [0.15, 0.2) is 12.2 Å². The number of piperidine rings is 1. The maximum atomic E-state index is 11.7. The van der Waals surface area contributed by atoms with Crippen LogP contribution in [0.3, 0.4) is 0 Å². The summed E-state index contributed by atoms with van der Waals surface area (Å²) in [6.07, 6.45) is 6.04. The minimum Gasteiger partial charge on any atom is -0.272 e. The molecule has 0 aromatic heterocycles. The molecule has 1 aliphatic heterocycles. The lowest BCUT2D eigenvalue weighted by molar-refractivity contribution is -0.198. The van der Waals surface area contributed by atoms with Crippen molar-refractivity contribution in [3.05, 3.63) is 12.2 Å². The first kappa shape index (κ1) is 9.40. The number of hydroxylamine groups is 2. The van der Waals surface area contributed by atoms with Gasteiger partial charge >= 0.3 is 0 Å². The Morgan fingerprint density at radius 1 is 1.36 bits per heavy atom. The third-order valence-electron chi connectivity index (χ3n) is 2.93. The molecule has 2 aliphatic rings. The van der Waals surface area contributed by atoms with E-state index in [1.54, 1.807) is 0 Å². The van der Waals surface area contributed by atoms with Crippen LogP contribution in [-0.4, -0.2) is 24.0 Å². The van der Waals surface area contributed by atoms with Gasteiger partial charge in [0, 0.05) is 12.3 Å². The van der Waals surface area contributed by atoms with E-state index in [0.29, 0.717) is 6.42 Å². The van der Waals surface area contributed by atoms with Gasteiger partial charge in [-0.05, 0) is 18.8 Å². The zero-order valence-corrected chi connectivity index (χ0v) is 8.10. The summed E-state index contributed by atoms with van der Waals surface area (Å²) in [6, 6.07) is 0. The molecule has 0 aromatic rings. The highest BCUT2D eigenvalue weighted by atomic mass is 16.7. The number of fused-ring (bicyclic) bond motifs is 1. The first-order chi connectivity index (χ1) is 6.74. The van der Waals surface area contributed by atoms with Crippen LogP contribution in [0.25, 0.3) is 0 Å². The van der Waals surface area contributed by atoms with Gasteiger partial charge in [0.25, 0.3) is 11.8 Å². The minimum absolute atomic E-state index is 0.0577. The second-order valence-corrected chi connectivity index (χ2v) is 3.72. The normalized spacial score (nSPS) is 31.9. The first-order valence-electron chi connectivity index (χ1n) is 4.80. The zero-order chi connectivity index (χ0) is 10.1. The summed E-state index contributed by atoms with van der Waals surface area (Å²) in [4.78, 5) is 28.0. The van der Waals surface area contributed by atoms with Crippen molar-refractivity contribution in [2.24, 2.45) is 11.8 Å². The molecule has 4 heteroatoms. The van der Waals surface area contributed by atoms with E-state index in [1.165, 1.54) is 7.11 Å². The third-order valence-corrected chi connectivity index (χ3v) is 2.93. The number of hydrogen-bond donors (Lipinski definition) is 0. The van der Waals surface area contributed by atoms with E-state index >= 15 is 0 Å². The van der Waals surface area contributed by atoms with Gasteiger partial charge in [-0.1, -0.05) is 12.2 Å². The van der Waals surface area contributed by atoms with Gasteiger partial charge in [0.2, 0.25) is 0 Å². The Balaban J connectivity index is 2.21. The Morgan fingerprint density at radius 3 is 2.79 bits per heavy atom. The summed E-state index contributed by atoms with van der Waals surface area (Å²) < 4.78 is 0. The Bertz CT molecular complexity index is 298. The summed E-state index contributed by atoms with van der Waals surface area (Å²) >= 11 is 0. The number of rotatable bonds is 1. The summed E-state index contributed by atoms with van der Waals surface area (Å²) in [5, 5.41) is 0.903. The first-order valence-corrected chi connectivity index (χ1v) is 4.80. The number of nitrogens with zero attached hydrogens (tertiary/aromatic N) is 1. The van der Waals surface area contributed by atoms with Gasteiger partial charge < -0.3 is 0 Å². The molecule has 0 saturated carbocycles. The zero-order valence-electron chi connectivity index (χ0n) is 8.10. The molecule has 14 heavy (non-hydrogen) atoms. The molecular formula is C10H13NO3. The van der Waals surface area contributed by atoms with Crippen LogP contribution in [0.5, 0.6) is 0 Å². The Morgan fingerprint density at radius 2 is 2.07 bits per heavy atom. The van der Waals surface area contributed by atoms with Gasteiger partial charge in [0.05, 0.1) is 7.11 Å². The Hall–Kier alpha value is -1.16. The number of carbonyl (C=O) groups is 2. The quantitative estimate of drug-likeness (QED) is 0.461. The van der Waals surface area contributed by atoms with Crippen molar-refractivity contribution >= 4 is 11.8 Å². The average Bonchev–Trinajstić information content (AvgIpc) is 2.18. The van der Waals surface area contributed by atoms with Crippen LogP contribution in [0.2, 0.25) is 0 Å². The van der Waals surface area contributed by atoms with Gasteiger partial charge in [0.15, 0.2) is 0 Å². The molecule has 0 spiro atoms. The van der Waals surface area contributed by atoms with E-state index < -0.39 is 0 Å². The maximum absolute atomic E-state index is 11.7. The third kappa shape index (κ3) is 1.35. The molecule has 76 valence electrons. The Kier molecular flexibility index (Phi) is 2.37. The van der Waals surface area contributed by atoms with Crippen molar-refractivity contribution < 1.29 is 14.4 Å². The number of allylic oxidation sites excluding steroid dienone is 2. The molecule has 2 amide bonds. The van der Waals surface area contributed by atoms with E-state index in [-0.39, 0.29) is 23.7 Å². The predicted molar refractivity (Wildman–Crippen MR) is 48.8 cm³/mol. The monoisotopic (exact) mass is 195 g/mol. The second-order valence-electron chi connectivity index (χ2n) is 3.72. The number of amides is 2. The summed E-state index contributed by atoms with van der Waals surface area (Å²) in [5.41, 5.74) is 0. The van der Waals surface area contributed by atoms with Crippen molar-refractivity contribution in [2.75, 3.05) is 7.11 Å². The van der Waals surface area contributed by atoms with Crippen LogP contribution in [0, 0.1) is 11.8 Å². The van der Waals surface area contributed by atoms with E-state index in [4.69, 9.17) is 4.84 Å².